The van der Waals surface area contributed by atoms with E-state index in [0.717, 1.165) is 22.0 Å². The number of carbonyl (C=O) groups excluding carboxylic acids is 2. The lowest BCUT2D eigenvalue weighted by Crippen LogP contribution is -2.53. The van der Waals surface area contributed by atoms with E-state index in [0.29, 0.717) is 17.2 Å². The molecule has 1 aliphatic rings. The number of anilines is 1. The molecule has 0 saturated carbocycles. The number of nitrogens with zero attached hydrogens (tertiary/aromatic N) is 1. The van der Waals surface area contributed by atoms with Gasteiger partial charge in [-0.2, -0.15) is 0 Å². The smallest absolute Gasteiger partial charge is 0.276 e. The van der Waals surface area contributed by atoms with Crippen LogP contribution >= 0.6 is 0 Å². The molecule has 35 heavy (non-hydrogen) atoms. The van der Waals surface area contributed by atoms with E-state index in [1.165, 1.54) is 10.6 Å². The molecule has 0 spiro atoms. The standard InChI is InChI=1S/C29H27N3O3/c1-19(2)20-14-16-22(17-15-20)28-30-25-12-6-5-11-24(25)29(34)32(28)31-27(33)18-35-26-13-7-9-21-8-3-4-10-23(21)26/h3-17,19,28,30H,18H2,1-2H3,(H,31,33). The van der Waals surface area contributed by atoms with Crippen molar-refractivity contribution >= 4 is 28.3 Å². The van der Waals surface area contributed by atoms with E-state index in [1.54, 1.807) is 12.1 Å². The Hall–Kier alpha value is -4.32. The number of rotatable bonds is 6. The van der Waals surface area contributed by atoms with Crippen LogP contribution in [0, 0.1) is 0 Å². The highest BCUT2D eigenvalue weighted by molar-refractivity contribution is 6.02. The van der Waals surface area contributed by atoms with Crippen LogP contribution in [0.4, 0.5) is 5.69 Å². The van der Waals surface area contributed by atoms with Gasteiger partial charge in [-0.25, -0.2) is 5.01 Å². The summed E-state index contributed by atoms with van der Waals surface area (Å²) in [6.45, 7) is 4.05. The van der Waals surface area contributed by atoms with Gasteiger partial charge >= 0.3 is 0 Å². The average Bonchev–Trinajstić information content (AvgIpc) is 2.89. The number of para-hydroxylation sites is 1. The van der Waals surface area contributed by atoms with Crippen molar-refractivity contribution < 1.29 is 14.3 Å². The van der Waals surface area contributed by atoms with Crippen molar-refractivity contribution in [3.05, 3.63) is 108 Å². The Morgan fingerprint density at radius 2 is 1.66 bits per heavy atom. The third kappa shape index (κ3) is 4.55. The summed E-state index contributed by atoms with van der Waals surface area (Å²) >= 11 is 0. The molecule has 6 heteroatoms. The summed E-state index contributed by atoms with van der Waals surface area (Å²) in [6, 6.07) is 28.9. The molecule has 2 amide bonds. The maximum atomic E-state index is 13.4. The molecule has 0 bridgehead atoms. The zero-order chi connectivity index (χ0) is 24.4. The second kappa shape index (κ2) is 9.50. The molecule has 1 atom stereocenters. The van der Waals surface area contributed by atoms with Gasteiger partial charge in [-0.05, 0) is 40.6 Å². The maximum Gasteiger partial charge on any atom is 0.276 e. The molecule has 1 heterocycles. The van der Waals surface area contributed by atoms with E-state index in [4.69, 9.17) is 4.74 Å². The maximum absolute atomic E-state index is 13.4. The Kier molecular flexibility index (Phi) is 6.10. The van der Waals surface area contributed by atoms with Gasteiger partial charge in [0.05, 0.1) is 5.56 Å². The van der Waals surface area contributed by atoms with Crippen molar-refractivity contribution in [2.24, 2.45) is 0 Å². The van der Waals surface area contributed by atoms with Crippen molar-refractivity contribution in [2.45, 2.75) is 25.9 Å². The molecule has 0 fully saturated rings. The van der Waals surface area contributed by atoms with Crippen LogP contribution in [0.3, 0.4) is 0 Å². The Morgan fingerprint density at radius 3 is 2.46 bits per heavy atom. The number of nitrogens with one attached hydrogen (secondary N) is 2. The Balaban J connectivity index is 1.38. The number of hydrogen-bond donors (Lipinski definition) is 2. The number of hydrazine groups is 1. The Morgan fingerprint density at radius 1 is 0.943 bits per heavy atom. The van der Waals surface area contributed by atoms with E-state index >= 15 is 0 Å². The van der Waals surface area contributed by atoms with Gasteiger partial charge in [0.15, 0.2) is 6.61 Å². The number of fused-ring (bicyclic) bond motifs is 2. The summed E-state index contributed by atoms with van der Waals surface area (Å²) in [5, 5.41) is 6.70. The van der Waals surface area contributed by atoms with Crippen LogP contribution in [0.5, 0.6) is 5.75 Å². The molecular weight excluding hydrogens is 438 g/mol. The van der Waals surface area contributed by atoms with E-state index in [-0.39, 0.29) is 12.5 Å². The number of benzene rings is 4. The lowest BCUT2D eigenvalue weighted by Gasteiger charge is -2.37. The molecule has 5 rings (SSSR count). The Bertz CT molecular complexity index is 1380. The highest BCUT2D eigenvalue weighted by Gasteiger charge is 2.34. The summed E-state index contributed by atoms with van der Waals surface area (Å²) < 4.78 is 5.84. The van der Waals surface area contributed by atoms with Crippen LogP contribution < -0.4 is 15.5 Å². The van der Waals surface area contributed by atoms with E-state index in [2.05, 4.69) is 36.7 Å². The zero-order valence-corrected chi connectivity index (χ0v) is 19.7. The first kappa shape index (κ1) is 22.5. The molecule has 0 aromatic heterocycles. The van der Waals surface area contributed by atoms with Gasteiger partial charge in [0.1, 0.15) is 11.9 Å². The van der Waals surface area contributed by atoms with E-state index in [9.17, 15) is 9.59 Å². The molecule has 0 aliphatic carbocycles. The quantitative estimate of drug-likeness (QED) is 0.387. The number of amides is 2. The number of ether oxygens (including phenoxy) is 1. The van der Waals surface area contributed by atoms with Crippen LogP contribution in [-0.2, 0) is 4.79 Å². The molecular formula is C29H27N3O3. The molecule has 1 unspecified atom stereocenters. The van der Waals surface area contributed by atoms with Crippen LogP contribution in [-0.4, -0.2) is 23.4 Å². The highest BCUT2D eigenvalue weighted by Crippen LogP contribution is 2.32. The van der Waals surface area contributed by atoms with Crippen molar-refractivity contribution in [1.82, 2.24) is 10.4 Å². The Labute approximate surface area is 204 Å². The molecule has 0 radical (unpaired) electrons. The van der Waals surface area contributed by atoms with Gasteiger partial charge in [-0.15, -0.1) is 0 Å². The minimum absolute atomic E-state index is 0.224. The average molecular weight is 466 g/mol. The second-order valence-corrected chi connectivity index (χ2v) is 8.89. The number of carbonyl (C=O) groups is 2. The molecule has 2 N–H and O–H groups in total. The fourth-order valence-corrected chi connectivity index (χ4v) is 4.30. The van der Waals surface area contributed by atoms with Crippen molar-refractivity contribution in [1.29, 1.82) is 0 Å². The molecule has 6 nitrogen and oxygen atoms in total. The molecule has 0 saturated heterocycles. The van der Waals surface area contributed by atoms with Crippen LogP contribution in [0.2, 0.25) is 0 Å². The van der Waals surface area contributed by atoms with Crippen molar-refractivity contribution in [2.75, 3.05) is 11.9 Å². The lowest BCUT2D eigenvalue weighted by molar-refractivity contribution is -0.127. The zero-order valence-electron chi connectivity index (χ0n) is 19.7. The highest BCUT2D eigenvalue weighted by atomic mass is 16.5. The fourth-order valence-electron chi connectivity index (χ4n) is 4.30. The first-order valence-electron chi connectivity index (χ1n) is 11.7. The topological polar surface area (TPSA) is 70.7 Å². The van der Waals surface area contributed by atoms with Gasteiger partial charge in [0.2, 0.25) is 0 Å². The summed E-state index contributed by atoms with van der Waals surface area (Å²) in [4.78, 5) is 26.3. The minimum Gasteiger partial charge on any atom is -0.483 e. The monoisotopic (exact) mass is 465 g/mol. The van der Waals surface area contributed by atoms with Crippen molar-refractivity contribution in [3.8, 4) is 5.75 Å². The van der Waals surface area contributed by atoms with Gasteiger partial charge in [0, 0.05) is 11.1 Å². The summed E-state index contributed by atoms with van der Waals surface area (Å²) in [6.07, 6.45) is -0.555. The van der Waals surface area contributed by atoms with Crippen LogP contribution in [0.25, 0.3) is 10.8 Å². The van der Waals surface area contributed by atoms with Gasteiger partial charge in [-0.1, -0.05) is 86.6 Å². The molecule has 176 valence electrons. The predicted molar refractivity (Wildman–Crippen MR) is 137 cm³/mol. The van der Waals surface area contributed by atoms with Gasteiger partial charge < -0.3 is 10.1 Å². The third-order valence-electron chi connectivity index (χ3n) is 6.20. The molecule has 1 aliphatic heterocycles. The third-order valence-corrected chi connectivity index (χ3v) is 6.20. The lowest BCUT2D eigenvalue weighted by atomic mass is 9.99. The fraction of sp³-hybridized carbons (Fsp3) is 0.172. The summed E-state index contributed by atoms with van der Waals surface area (Å²) in [7, 11) is 0. The SMILES string of the molecule is CC(C)c1ccc(C2Nc3ccccc3C(=O)N2NC(=O)COc2cccc3ccccc23)cc1. The largest absolute Gasteiger partial charge is 0.483 e. The van der Waals surface area contributed by atoms with Crippen molar-refractivity contribution in [3.63, 3.8) is 0 Å². The summed E-state index contributed by atoms with van der Waals surface area (Å²) in [5.74, 6) is 0.312. The predicted octanol–water partition coefficient (Wildman–Crippen LogP) is 5.64. The molecule has 4 aromatic carbocycles. The van der Waals surface area contributed by atoms with Gasteiger partial charge in [-0.3, -0.25) is 15.0 Å². The second-order valence-electron chi connectivity index (χ2n) is 8.89. The van der Waals surface area contributed by atoms with E-state index in [1.807, 2.05) is 66.7 Å². The van der Waals surface area contributed by atoms with Crippen LogP contribution in [0.15, 0.2) is 91.0 Å². The first-order chi connectivity index (χ1) is 17.0. The van der Waals surface area contributed by atoms with Crippen LogP contribution in [0.1, 0.15) is 47.4 Å². The minimum atomic E-state index is -0.555. The first-order valence-corrected chi connectivity index (χ1v) is 11.7. The van der Waals surface area contributed by atoms with E-state index < -0.39 is 12.1 Å². The normalized spacial score (nSPS) is 15.0. The molecule has 4 aromatic rings. The van der Waals surface area contributed by atoms with Gasteiger partial charge in [0.25, 0.3) is 11.8 Å². The summed E-state index contributed by atoms with van der Waals surface area (Å²) in [5.41, 5.74) is 6.07. The number of hydrogen-bond acceptors (Lipinski definition) is 4.